The van der Waals surface area contributed by atoms with Gasteiger partial charge >= 0.3 is 12.1 Å². The van der Waals surface area contributed by atoms with E-state index in [1.807, 2.05) is 13.8 Å². The monoisotopic (exact) mass is 271 g/mol. The fourth-order valence-electron chi connectivity index (χ4n) is 1.35. The molecule has 0 saturated heterocycles. The van der Waals surface area contributed by atoms with Crippen molar-refractivity contribution >= 4 is 5.97 Å². The van der Waals surface area contributed by atoms with Crippen LogP contribution in [0.4, 0.5) is 13.2 Å². The molecule has 0 amide bonds. The fourth-order valence-corrected chi connectivity index (χ4v) is 1.35. The van der Waals surface area contributed by atoms with Crippen molar-refractivity contribution in [2.75, 3.05) is 13.1 Å². The molecule has 1 unspecified atom stereocenters. The molecule has 0 fully saturated rings. The average Bonchev–Trinajstić information content (AvgIpc) is 2.20. The molecule has 0 heterocycles. The quantitative estimate of drug-likeness (QED) is 0.589. The van der Waals surface area contributed by atoms with E-state index in [9.17, 15) is 18.0 Å². The van der Waals surface area contributed by atoms with E-state index in [4.69, 9.17) is 10.2 Å². The lowest BCUT2D eigenvalue weighted by Gasteiger charge is -2.24. The summed E-state index contributed by atoms with van der Waals surface area (Å²) in [5.74, 6) is -0.886. The lowest BCUT2D eigenvalue weighted by Crippen LogP contribution is -2.39. The van der Waals surface area contributed by atoms with Crippen molar-refractivity contribution in [3.8, 4) is 0 Å². The Labute approximate surface area is 104 Å². The van der Waals surface area contributed by atoms with Crippen molar-refractivity contribution in [1.82, 2.24) is 5.32 Å². The van der Waals surface area contributed by atoms with Gasteiger partial charge in [0, 0.05) is 13.0 Å². The highest BCUT2D eigenvalue weighted by atomic mass is 19.4. The third-order valence-electron chi connectivity index (χ3n) is 2.71. The molecule has 108 valence electrons. The number of hydrogen-bond donors (Lipinski definition) is 3. The second-order valence-corrected chi connectivity index (χ2v) is 5.07. The van der Waals surface area contributed by atoms with E-state index in [-0.39, 0.29) is 11.8 Å². The minimum absolute atomic E-state index is 0.0399. The van der Waals surface area contributed by atoms with Crippen LogP contribution in [0, 0.1) is 5.41 Å². The zero-order valence-electron chi connectivity index (χ0n) is 10.5. The first-order chi connectivity index (χ1) is 8.04. The number of carbonyl (C=O) groups is 1. The molecule has 18 heavy (non-hydrogen) atoms. The molecule has 0 spiro atoms. The third kappa shape index (κ3) is 8.30. The van der Waals surface area contributed by atoms with Crippen LogP contribution < -0.4 is 5.32 Å². The highest BCUT2D eigenvalue weighted by molar-refractivity contribution is 5.66. The number of alkyl halides is 3. The Kier molecular flexibility index (Phi) is 6.62. The average molecular weight is 271 g/mol. The number of aliphatic hydroxyl groups is 1. The van der Waals surface area contributed by atoms with Crippen LogP contribution in [0.1, 0.15) is 33.1 Å². The van der Waals surface area contributed by atoms with Gasteiger partial charge in [-0.25, -0.2) is 0 Å². The van der Waals surface area contributed by atoms with E-state index in [1.54, 1.807) is 0 Å². The maximum Gasteiger partial charge on any atom is 0.415 e. The molecule has 4 nitrogen and oxygen atoms in total. The molecule has 0 bridgehead atoms. The van der Waals surface area contributed by atoms with Crippen LogP contribution in [0.2, 0.25) is 0 Å². The Hall–Kier alpha value is -0.820. The Bertz CT molecular complexity index is 267. The standard InChI is InChI=1S/C11H20F3NO3/c1-10(2,4-3-9(17)18)5-6-15-7-8(16)11(12,13)14/h8,15-16H,3-7H2,1-2H3,(H,17,18). The van der Waals surface area contributed by atoms with Gasteiger partial charge in [0.25, 0.3) is 0 Å². The van der Waals surface area contributed by atoms with Crippen LogP contribution in [-0.2, 0) is 4.79 Å². The number of hydrogen-bond acceptors (Lipinski definition) is 3. The lowest BCUT2D eigenvalue weighted by molar-refractivity contribution is -0.201. The molecule has 0 radical (unpaired) electrons. The molecule has 1 atom stereocenters. The lowest BCUT2D eigenvalue weighted by atomic mass is 9.84. The molecule has 0 aromatic rings. The summed E-state index contributed by atoms with van der Waals surface area (Å²) in [4.78, 5) is 10.4. The van der Waals surface area contributed by atoms with E-state index < -0.39 is 24.8 Å². The summed E-state index contributed by atoms with van der Waals surface area (Å²) in [6.45, 7) is 3.48. The molecule has 0 aliphatic carbocycles. The highest BCUT2D eigenvalue weighted by Gasteiger charge is 2.37. The smallest absolute Gasteiger partial charge is 0.415 e. The van der Waals surface area contributed by atoms with Crippen LogP contribution in [-0.4, -0.2) is 41.6 Å². The Morgan fingerprint density at radius 2 is 1.83 bits per heavy atom. The second-order valence-electron chi connectivity index (χ2n) is 5.07. The molecule has 0 saturated carbocycles. The molecule has 0 aliphatic heterocycles. The summed E-state index contributed by atoms with van der Waals surface area (Å²) in [6, 6.07) is 0. The van der Waals surface area contributed by atoms with E-state index in [0.717, 1.165) is 0 Å². The maximum absolute atomic E-state index is 12.0. The van der Waals surface area contributed by atoms with Gasteiger partial charge in [-0.15, -0.1) is 0 Å². The molecular weight excluding hydrogens is 251 g/mol. The summed E-state index contributed by atoms with van der Waals surface area (Å²) < 4.78 is 35.9. The summed E-state index contributed by atoms with van der Waals surface area (Å²) in [6.07, 6.45) is -5.92. The van der Waals surface area contributed by atoms with Crippen LogP contribution in [0.5, 0.6) is 0 Å². The van der Waals surface area contributed by atoms with Crippen molar-refractivity contribution in [3.63, 3.8) is 0 Å². The Morgan fingerprint density at radius 3 is 2.28 bits per heavy atom. The van der Waals surface area contributed by atoms with Gasteiger partial charge in [0.1, 0.15) is 0 Å². The van der Waals surface area contributed by atoms with Crippen molar-refractivity contribution in [2.24, 2.45) is 5.41 Å². The summed E-state index contributed by atoms with van der Waals surface area (Å²) >= 11 is 0. The molecule has 0 aromatic carbocycles. The third-order valence-corrected chi connectivity index (χ3v) is 2.71. The molecule has 3 N–H and O–H groups in total. The van der Waals surface area contributed by atoms with Crippen LogP contribution in [0.25, 0.3) is 0 Å². The highest BCUT2D eigenvalue weighted by Crippen LogP contribution is 2.26. The first kappa shape index (κ1) is 17.2. The van der Waals surface area contributed by atoms with Crippen LogP contribution in [0.3, 0.4) is 0 Å². The zero-order valence-corrected chi connectivity index (χ0v) is 10.5. The predicted molar refractivity (Wildman–Crippen MR) is 60.2 cm³/mol. The topological polar surface area (TPSA) is 69.6 Å². The van der Waals surface area contributed by atoms with Crippen molar-refractivity contribution in [3.05, 3.63) is 0 Å². The van der Waals surface area contributed by atoms with Crippen molar-refractivity contribution < 1.29 is 28.2 Å². The minimum atomic E-state index is -4.61. The van der Waals surface area contributed by atoms with E-state index in [0.29, 0.717) is 19.4 Å². The van der Waals surface area contributed by atoms with Gasteiger partial charge in [0.2, 0.25) is 0 Å². The number of halogens is 3. The number of nitrogens with one attached hydrogen (secondary N) is 1. The van der Waals surface area contributed by atoms with Gasteiger partial charge in [-0.2, -0.15) is 13.2 Å². The van der Waals surface area contributed by atoms with Gasteiger partial charge in [-0.3, -0.25) is 4.79 Å². The minimum Gasteiger partial charge on any atom is -0.481 e. The van der Waals surface area contributed by atoms with Gasteiger partial charge in [0.15, 0.2) is 6.10 Å². The largest absolute Gasteiger partial charge is 0.481 e. The molecule has 0 aliphatic rings. The molecule has 0 rings (SSSR count). The summed E-state index contributed by atoms with van der Waals surface area (Å²) in [5, 5.41) is 19.8. The maximum atomic E-state index is 12.0. The van der Waals surface area contributed by atoms with Gasteiger partial charge in [-0.05, 0) is 24.8 Å². The number of rotatable bonds is 8. The normalized spacial score (nSPS) is 14.6. The van der Waals surface area contributed by atoms with E-state index >= 15 is 0 Å². The molecular formula is C11H20F3NO3. The van der Waals surface area contributed by atoms with E-state index in [1.165, 1.54) is 0 Å². The number of carboxylic acids is 1. The zero-order chi connectivity index (χ0) is 14.4. The summed E-state index contributed by atoms with van der Waals surface area (Å²) in [5.41, 5.74) is -0.255. The molecule has 7 heteroatoms. The second kappa shape index (κ2) is 6.94. The first-order valence-corrected chi connectivity index (χ1v) is 5.72. The SMILES string of the molecule is CC(C)(CCNCC(O)C(F)(F)F)CCC(=O)O. The van der Waals surface area contributed by atoms with Crippen molar-refractivity contribution in [2.45, 2.75) is 45.4 Å². The van der Waals surface area contributed by atoms with Gasteiger partial charge in [0.05, 0.1) is 0 Å². The Morgan fingerprint density at radius 1 is 1.28 bits per heavy atom. The Balaban J connectivity index is 3.80. The predicted octanol–water partition coefficient (Wildman–Crippen LogP) is 1.78. The first-order valence-electron chi connectivity index (χ1n) is 5.72. The van der Waals surface area contributed by atoms with Gasteiger partial charge < -0.3 is 15.5 Å². The summed E-state index contributed by atoms with van der Waals surface area (Å²) in [7, 11) is 0. The molecule has 0 aromatic heterocycles. The number of aliphatic hydroxyl groups excluding tert-OH is 1. The number of carboxylic acid groups (broad SMARTS) is 1. The number of aliphatic carboxylic acids is 1. The van der Waals surface area contributed by atoms with Crippen LogP contribution >= 0.6 is 0 Å². The fraction of sp³-hybridized carbons (Fsp3) is 0.909. The van der Waals surface area contributed by atoms with Gasteiger partial charge in [-0.1, -0.05) is 13.8 Å². The van der Waals surface area contributed by atoms with E-state index in [2.05, 4.69) is 5.32 Å². The van der Waals surface area contributed by atoms with Crippen LogP contribution in [0.15, 0.2) is 0 Å². The van der Waals surface area contributed by atoms with Crippen molar-refractivity contribution in [1.29, 1.82) is 0 Å².